The molecule has 3 rings (SSSR count). The Bertz CT molecular complexity index is 580. The van der Waals surface area contributed by atoms with Gasteiger partial charge in [0, 0.05) is 18.2 Å². The number of carbonyl (C=O) groups excluding carboxylic acids is 1. The van der Waals surface area contributed by atoms with Crippen LogP contribution in [0.3, 0.4) is 0 Å². The Labute approximate surface area is 125 Å². The van der Waals surface area contributed by atoms with Crippen LogP contribution in [-0.4, -0.2) is 17.4 Å². The Hall–Kier alpha value is -1.43. The zero-order chi connectivity index (χ0) is 14.3. The van der Waals surface area contributed by atoms with Crippen molar-refractivity contribution in [3.05, 3.63) is 38.3 Å². The Morgan fingerprint density at radius 2 is 2.15 bits per heavy atom. The van der Waals surface area contributed by atoms with Crippen molar-refractivity contribution in [3.63, 3.8) is 0 Å². The zero-order valence-corrected chi connectivity index (χ0v) is 12.5. The highest BCUT2D eigenvalue weighted by Gasteiger charge is 2.53. The van der Waals surface area contributed by atoms with Crippen molar-refractivity contribution in [1.82, 2.24) is 5.32 Å². The first-order chi connectivity index (χ1) is 9.52. The molecule has 106 valence electrons. The SMILES string of the molecule is O=C(NCC1(C2CC2)CC1)c1ccc(Br)c([N+](=O)[O-])c1. The summed E-state index contributed by atoms with van der Waals surface area (Å²) in [6.07, 6.45) is 4.94. The maximum atomic E-state index is 12.1. The average molecular weight is 339 g/mol. The van der Waals surface area contributed by atoms with E-state index in [1.54, 1.807) is 12.1 Å². The van der Waals surface area contributed by atoms with Gasteiger partial charge in [-0.05, 0) is 65.1 Å². The zero-order valence-electron chi connectivity index (χ0n) is 10.9. The minimum absolute atomic E-state index is 0.0824. The Kier molecular flexibility index (Phi) is 3.28. The van der Waals surface area contributed by atoms with Gasteiger partial charge in [-0.1, -0.05) is 0 Å². The van der Waals surface area contributed by atoms with Gasteiger partial charge in [0.2, 0.25) is 0 Å². The molecular weight excluding hydrogens is 324 g/mol. The number of nitrogens with one attached hydrogen (secondary N) is 1. The van der Waals surface area contributed by atoms with Crippen molar-refractivity contribution in [1.29, 1.82) is 0 Å². The molecule has 2 saturated carbocycles. The lowest BCUT2D eigenvalue weighted by molar-refractivity contribution is -0.385. The summed E-state index contributed by atoms with van der Waals surface area (Å²) in [5, 5.41) is 13.8. The number of hydrogen-bond acceptors (Lipinski definition) is 3. The number of carbonyl (C=O) groups is 1. The molecule has 2 aliphatic carbocycles. The van der Waals surface area contributed by atoms with E-state index in [1.165, 1.54) is 31.7 Å². The van der Waals surface area contributed by atoms with E-state index in [4.69, 9.17) is 0 Å². The van der Waals surface area contributed by atoms with E-state index in [0.717, 1.165) is 5.92 Å². The van der Waals surface area contributed by atoms with Crippen LogP contribution in [0.15, 0.2) is 22.7 Å². The molecule has 0 bridgehead atoms. The molecule has 2 aliphatic rings. The lowest BCUT2D eigenvalue weighted by Crippen LogP contribution is -2.31. The second kappa shape index (κ2) is 4.84. The predicted molar refractivity (Wildman–Crippen MR) is 77.5 cm³/mol. The molecule has 0 aliphatic heterocycles. The molecule has 20 heavy (non-hydrogen) atoms. The molecule has 0 atom stereocenters. The summed E-state index contributed by atoms with van der Waals surface area (Å²) < 4.78 is 0.385. The molecule has 0 unspecified atom stereocenters. The largest absolute Gasteiger partial charge is 0.351 e. The molecule has 2 fully saturated rings. The summed E-state index contributed by atoms with van der Waals surface area (Å²) in [5.41, 5.74) is 0.587. The van der Waals surface area contributed by atoms with E-state index in [2.05, 4.69) is 21.2 Å². The Balaban J connectivity index is 1.67. The topological polar surface area (TPSA) is 72.2 Å². The average Bonchev–Trinajstić information content (AvgIpc) is 3.27. The van der Waals surface area contributed by atoms with Crippen molar-refractivity contribution in [2.45, 2.75) is 25.7 Å². The van der Waals surface area contributed by atoms with Gasteiger partial charge in [-0.25, -0.2) is 0 Å². The van der Waals surface area contributed by atoms with Crippen molar-refractivity contribution >= 4 is 27.5 Å². The number of hydrogen-bond donors (Lipinski definition) is 1. The maximum absolute atomic E-state index is 12.1. The summed E-state index contributed by atoms with van der Waals surface area (Å²) in [6, 6.07) is 4.46. The standard InChI is InChI=1S/C14H15BrN2O3/c15-11-4-1-9(7-12(11)17(19)20)13(18)16-8-14(5-6-14)10-2-3-10/h1,4,7,10H,2-3,5-6,8H2,(H,16,18). The van der Waals surface area contributed by atoms with Gasteiger partial charge in [-0.15, -0.1) is 0 Å². The fraction of sp³-hybridized carbons (Fsp3) is 0.500. The van der Waals surface area contributed by atoms with Crippen molar-refractivity contribution < 1.29 is 9.72 Å². The molecule has 0 saturated heterocycles. The molecule has 1 amide bonds. The van der Waals surface area contributed by atoms with Crippen LogP contribution in [0.5, 0.6) is 0 Å². The minimum atomic E-state index is -0.493. The van der Waals surface area contributed by atoms with E-state index >= 15 is 0 Å². The van der Waals surface area contributed by atoms with Crippen molar-refractivity contribution in [2.75, 3.05) is 6.54 Å². The first kappa shape index (κ1) is 13.5. The molecule has 0 spiro atoms. The molecule has 1 N–H and O–H groups in total. The third-order valence-corrected chi connectivity index (χ3v) is 5.01. The van der Waals surface area contributed by atoms with E-state index < -0.39 is 4.92 Å². The summed E-state index contributed by atoms with van der Waals surface area (Å²) in [7, 11) is 0. The van der Waals surface area contributed by atoms with Crippen molar-refractivity contribution in [3.8, 4) is 0 Å². The Morgan fingerprint density at radius 1 is 1.45 bits per heavy atom. The second-order valence-electron chi connectivity index (χ2n) is 5.74. The highest BCUT2D eigenvalue weighted by atomic mass is 79.9. The third kappa shape index (κ3) is 2.57. The molecule has 0 aromatic heterocycles. The molecule has 1 aromatic carbocycles. The van der Waals surface area contributed by atoms with Crippen LogP contribution in [-0.2, 0) is 0 Å². The maximum Gasteiger partial charge on any atom is 0.284 e. The number of nitrogens with zero attached hydrogens (tertiary/aromatic N) is 1. The molecule has 0 heterocycles. The number of halogens is 1. The number of nitro benzene ring substituents is 1. The highest BCUT2D eigenvalue weighted by molar-refractivity contribution is 9.10. The van der Waals surface area contributed by atoms with Crippen molar-refractivity contribution in [2.24, 2.45) is 11.3 Å². The fourth-order valence-corrected chi connectivity index (χ4v) is 3.13. The second-order valence-corrected chi connectivity index (χ2v) is 6.60. The predicted octanol–water partition coefficient (Wildman–Crippen LogP) is 3.28. The van der Waals surface area contributed by atoms with Gasteiger partial charge in [-0.2, -0.15) is 0 Å². The van der Waals surface area contributed by atoms with Gasteiger partial charge >= 0.3 is 0 Å². The smallest absolute Gasteiger partial charge is 0.284 e. The number of nitro groups is 1. The number of rotatable bonds is 5. The normalized spacial score (nSPS) is 19.4. The first-order valence-corrected chi connectivity index (χ1v) is 7.53. The molecule has 5 nitrogen and oxygen atoms in total. The Morgan fingerprint density at radius 3 is 2.70 bits per heavy atom. The number of benzene rings is 1. The fourth-order valence-electron chi connectivity index (χ4n) is 2.74. The van der Waals surface area contributed by atoms with Gasteiger partial charge in [0.15, 0.2) is 0 Å². The van der Waals surface area contributed by atoms with Gasteiger partial charge in [0.1, 0.15) is 0 Å². The summed E-state index contributed by atoms with van der Waals surface area (Å²) in [5.74, 6) is 0.551. The van der Waals surface area contributed by atoms with E-state index in [-0.39, 0.29) is 11.6 Å². The van der Waals surface area contributed by atoms with Gasteiger partial charge < -0.3 is 5.32 Å². The van der Waals surface area contributed by atoms with E-state index in [1.807, 2.05) is 0 Å². The molecule has 0 radical (unpaired) electrons. The summed E-state index contributed by atoms with van der Waals surface area (Å²) >= 11 is 3.11. The van der Waals surface area contributed by atoms with Gasteiger partial charge in [0.25, 0.3) is 11.6 Å². The van der Waals surface area contributed by atoms with Gasteiger partial charge in [-0.3, -0.25) is 14.9 Å². The van der Waals surface area contributed by atoms with E-state index in [0.29, 0.717) is 22.0 Å². The molecule has 1 aromatic rings. The van der Waals surface area contributed by atoms with Crippen LogP contribution in [0.25, 0.3) is 0 Å². The van der Waals surface area contributed by atoms with Crippen LogP contribution in [0.2, 0.25) is 0 Å². The summed E-state index contributed by atoms with van der Waals surface area (Å²) in [6.45, 7) is 0.695. The molecular formula is C14H15BrN2O3. The molecule has 6 heteroatoms. The third-order valence-electron chi connectivity index (χ3n) is 4.34. The minimum Gasteiger partial charge on any atom is -0.351 e. The highest BCUT2D eigenvalue weighted by Crippen LogP contribution is 2.60. The summed E-state index contributed by atoms with van der Waals surface area (Å²) in [4.78, 5) is 22.5. The van der Waals surface area contributed by atoms with Crippen LogP contribution in [0, 0.1) is 21.4 Å². The van der Waals surface area contributed by atoms with Crippen LogP contribution < -0.4 is 5.32 Å². The lowest BCUT2D eigenvalue weighted by atomic mass is 10.0. The van der Waals surface area contributed by atoms with Crippen LogP contribution in [0.1, 0.15) is 36.0 Å². The van der Waals surface area contributed by atoms with Gasteiger partial charge in [0.05, 0.1) is 9.40 Å². The van der Waals surface area contributed by atoms with E-state index in [9.17, 15) is 14.9 Å². The quantitative estimate of drug-likeness (QED) is 0.661. The first-order valence-electron chi connectivity index (χ1n) is 6.74. The number of amides is 1. The van der Waals surface area contributed by atoms with Crippen LogP contribution in [0.4, 0.5) is 5.69 Å². The van der Waals surface area contributed by atoms with Crippen LogP contribution >= 0.6 is 15.9 Å². The lowest BCUT2D eigenvalue weighted by Gasteiger charge is -2.14. The monoisotopic (exact) mass is 338 g/mol.